The zero-order chi connectivity index (χ0) is 50.2. The van der Waals surface area contributed by atoms with Gasteiger partial charge in [0.1, 0.15) is 12.4 Å². The maximum Gasteiger partial charge on any atom is 0.416 e. The van der Waals surface area contributed by atoms with Gasteiger partial charge in [-0.25, -0.2) is 9.69 Å². The fraction of sp³-hybridized carbons (Fsp3) is 0.426. The quantitative estimate of drug-likeness (QED) is 0.0640. The first-order valence-electron chi connectivity index (χ1n) is 24.5. The predicted molar refractivity (Wildman–Crippen MR) is 267 cm³/mol. The first kappa shape index (κ1) is 50.1. The summed E-state index contributed by atoms with van der Waals surface area (Å²) in [5.74, 6) is 0.481. The van der Waals surface area contributed by atoms with Crippen LogP contribution in [0.3, 0.4) is 0 Å². The van der Waals surface area contributed by atoms with Crippen molar-refractivity contribution in [1.82, 2.24) is 14.7 Å². The number of aliphatic hydroxyl groups is 1. The molecule has 5 aliphatic rings. The van der Waals surface area contributed by atoms with Gasteiger partial charge in [0.2, 0.25) is 0 Å². The smallest absolute Gasteiger partial charge is 0.416 e. The summed E-state index contributed by atoms with van der Waals surface area (Å²) in [6.07, 6.45) is 11.8. The number of unbranched alkanes of at least 4 members (excludes halogenated alkanes) is 4. The van der Waals surface area contributed by atoms with E-state index < -0.39 is 18.4 Å². The number of aliphatic imine (C=N–C) groups is 1. The molecule has 0 aromatic heterocycles. The van der Waals surface area contributed by atoms with Crippen molar-refractivity contribution >= 4 is 58.8 Å². The number of rotatable bonds is 20. The minimum atomic E-state index is -1.41. The van der Waals surface area contributed by atoms with Crippen molar-refractivity contribution < 1.29 is 52.8 Å². The average molecular weight is 971 g/mol. The lowest BCUT2D eigenvalue weighted by atomic mass is 10.1. The van der Waals surface area contributed by atoms with E-state index in [1.807, 2.05) is 38.0 Å². The molecule has 0 aliphatic carbocycles. The standard InChI is InChI=1S/C54H62N6O11/c1-5-35-24-39-29-56-43-27-48(47(68-4)26-41(43)51(64)58(39)31-35)70-22-12-8-11-21-69-46-28-44-42(23-34(46)3)52(65)59-32-36(6-2)25-45(59)53(66)60(44)54(67)71-33-37-14-16-38(17-15-37)55-30-40(61)13-9-7-10-20-57-49(62)18-19-50(57)63/h5-6,14-19,23,26-29,39,45,53,55,66H,7-13,20-22,24-25,30-33H2,1-4H3/t39-,45-,53-/m0/s1. The lowest BCUT2D eigenvalue weighted by Crippen LogP contribution is -2.50. The van der Waals surface area contributed by atoms with E-state index in [1.54, 1.807) is 60.5 Å². The zero-order valence-corrected chi connectivity index (χ0v) is 40.8. The number of nitrogens with one attached hydrogen (secondary N) is 1. The van der Waals surface area contributed by atoms with E-state index >= 15 is 0 Å². The minimum absolute atomic E-state index is 0.0281. The predicted octanol–water partition coefficient (Wildman–Crippen LogP) is 7.61. The number of ether oxygens (including phenoxy) is 4. The Morgan fingerprint density at radius 2 is 1.46 bits per heavy atom. The molecule has 0 unspecified atom stereocenters. The topological polar surface area (TPSA) is 197 Å². The maximum absolute atomic E-state index is 14.1. The Hall–Kier alpha value is -7.27. The van der Waals surface area contributed by atoms with Gasteiger partial charge in [-0.2, -0.15) is 0 Å². The van der Waals surface area contributed by atoms with Crippen molar-refractivity contribution in [2.45, 2.75) is 103 Å². The van der Waals surface area contributed by atoms with Crippen LogP contribution in [-0.4, -0.2) is 126 Å². The van der Waals surface area contributed by atoms with Crippen molar-refractivity contribution in [3.8, 4) is 17.2 Å². The number of carbonyl (C=O) groups excluding carboxylic acids is 6. The van der Waals surface area contributed by atoms with E-state index in [4.69, 9.17) is 18.9 Å². The number of ketones is 1. The van der Waals surface area contributed by atoms with Gasteiger partial charge in [0.05, 0.1) is 61.5 Å². The van der Waals surface area contributed by atoms with Crippen LogP contribution < -0.4 is 24.4 Å². The van der Waals surface area contributed by atoms with Gasteiger partial charge >= 0.3 is 6.09 Å². The highest BCUT2D eigenvalue weighted by Gasteiger charge is 2.46. The third kappa shape index (κ3) is 11.4. The van der Waals surface area contributed by atoms with Gasteiger partial charge in [-0.3, -0.25) is 33.9 Å². The van der Waals surface area contributed by atoms with Gasteiger partial charge in [-0.1, -0.05) is 41.9 Å². The number of anilines is 2. The molecule has 2 N–H and O–H groups in total. The number of hydrogen-bond donors (Lipinski definition) is 2. The Labute approximate surface area is 413 Å². The van der Waals surface area contributed by atoms with Crippen LogP contribution in [0.4, 0.5) is 21.9 Å². The second-order valence-corrected chi connectivity index (χ2v) is 18.4. The number of carbonyl (C=O) groups is 6. The summed E-state index contributed by atoms with van der Waals surface area (Å²) in [6.45, 7) is 7.73. The Morgan fingerprint density at radius 3 is 2.18 bits per heavy atom. The Bertz CT molecular complexity index is 2660. The van der Waals surface area contributed by atoms with Gasteiger partial charge in [-0.15, -0.1) is 0 Å². The van der Waals surface area contributed by atoms with Crippen molar-refractivity contribution in [2.75, 3.05) is 56.7 Å². The van der Waals surface area contributed by atoms with Crippen LogP contribution in [0.2, 0.25) is 0 Å². The van der Waals surface area contributed by atoms with Gasteiger partial charge < -0.3 is 39.2 Å². The summed E-state index contributed by atoms with van der Waals surface area (Å²) in [5.41, 5.74) is 5.75. The van der Waals surface area contributed by atoms with E-state index in [2.05, 4.69) is 16.4 Å². The van der Waals surface area contributed by atoms with E-state index in [-0.39, 0.29) is 59.9 Å². The Morgan fingerprint density at radius 1 is 0.789 bits per heavy atom. The third-order valence-electron chi connectivity index (χ3n) is 13.7. The van der Waals surface area contributed by atoms with Crippen molar-refractivity contribution in [3.63, 3.8) is 0 Å². The van der Waals surface area contributed by atoms with Gasteiger partial charge in [0.15, 0.2) is 23.5 Å². The normalized spacial score (nSPS) is 20.3. The molecule has 2 saturated heterocycles. The van der Waals surface area contributed by atoms with E-state index in [1.165, 1.54) is 22.6 Å². The summed E-state index contributed by atoms with van der Waals surface area (Å²) in [7, 11) is 1.55. The molecule has 0 radical (unpaired) electrons. The highest BCUT2D eigenvalue weighted by Crippen LogP contribution is 2.41. The molecule has 5 heterocycles. The molecule has 17 nitrogen and oxygen atoms in total. The van der Waals surface area contributed by atoms with Crippen molar-refractivity contribution in [1.29, 1.82) is 0 Å². The van der Waals surface area contributed by atoms with E-state index in [0.29, 0.717) is 123 Å². The second-order valence-electron chi connectivity index (χ2n) is 18.4. The SMILES string of the molecule is CC=C1C[C@H]2C=Nc3cc(OCCCCCOc4cc5c(cc4C)C(=O)N4CC(=CC)C[C@H]4[C@H](O)N5C(=O)OCc4ccc(NCC(=O)CCCCCN5C(=O)C=CC5=O)cc4)c(OC)cc3C(=O)N2C1. The van der Waals surface area contributed by atoms with Crippen LogP contribution in [0, 0.1) is 6.92 Å². The van der Waals surface area contributed by atoms with Crippen LogP contribution in [0.1, 0.15) is 103 Å². The number of allylic oxidation sites excluding steroid dienone is 2. The molecule has 0 bridgehead atoms. The molecule has 17 heteroatoms. The fourth-order valence-corrected chi connectivity index (χ4v) is 9.51. The van der Waals surface area contributed by atoms with Crippen LogP contribution in [0.15, 0.2) is 89.0 Å². The van der Waals surface area contributed by atoms with Crippen LogP contribution in [0.5, 0.6) is 17.2 Å². The Kier molecular flexibility index (Phi) is 16.0. The molecular weight excluding hydrogens is 909 g/mol. The molecule has 2 fully saturated rings. The van der Waals surface area contributed by atoms with Gasteiger partial charge in [0.25, 0.3) is 23.6 Å². The fourth-order valence-electron chi connectivity index (χ4n) is 9.51. The molecule has 3 atom stereocenters. The lowest BCUT2D eigenvalue weighted by molar-refractivity contribution is -0.136. The number of fused-ring (bicyclic) bond motifs is 4. The summed E-state index contributed by atoms with van der Waals surface area (Å²) in [5, 5.41) is 15.0. The number of amides is 5. The monoisotopic (exact) mass is 970 g/mol. The largest absolute Gasteiger partial charge is 0.493 e. The molecule has 3 aromatic carbocycles. The lowest BCUT2D eigenvalue weighted by Gasteiger charge is -2.31. The number of Topliss-reactive ketones (excluding diaryl/α,β-unsaturated/α-hetero) is 1. The average Bonchev–Trinajstić information content (AvgIpc) is 4.07. The molecule has 3 aromatic rings. The van der Waals surface area contributed by atoms with Gasteiger partial charge in [-0.05, 0) is 101 Å². The second kappa shape index (κ2) is 22.7. The summed E-state index contributed by atoms with van der Waals surface area (Å²) < 4.78 is 23.9. The van der Waals surface area contributed by atoms with E-state index in [9.17, 15) is 33.9 Å². The summed E-state index contributed by atoms with van der Waals surface area (Å²) in [6, 6.07) is 13.2. The molecule has 0 saturated carbocycles. The van der Waals surface area contributed by atoms with Crippen LogP contribution in [0.25, 0.3) is 0 Å². The highest BCUT2D eigenvalue weighted by molar-refractivity contribution is 6.13. The number of aryl methyl sites for hydroxylation is 1. The molecule has 5 aliphatic heterocycles. The third-order valence-corrected chi connectivity index (χ3v) is 13.7. The number of methoxy groups -OCH3 is 1. The number of imide groups is 1. The van der Waals surface area contributed by atoms with E-state index in [0.717, 1.165) is 23.3 Å². The first-order chi connectivity index (χ1) is 34.4. The first-order valence-corrected chi connectivity index (χ1v) is 24.5. The van der Waals surface area contributed by atoms with Crippen LogP contribution >= 0.6 is 0 Å². The van der Waals surface area contributed by atoms with Gasteiger partial charge in [0, 0.05) is 62.2 Å². The summed E-state index contributed by atoms with van der Waals surface area (Å²) >= 11 is 0. The Balaban J connectivity index is 0.838. The number of benzene rings is 3. The molecule has 5 amide bonds. The van der Waals surface area contributed by atoms with Crippen molar-refractivity contribution in [2.24, 2.45) is 4.99 Å². The maximum atomic E-state index is 14.1. The number of nitrogens with zero attached hydrogens (tertiary/aromatic N) is 5. The molecule has 8 rings (SSSR count). The summed E-state index contributed by atoms with van der Waals surface area (Å²) in [4.78, 5) is 88.1. The van der Waals surface area contributed by atoms with Crippen LogP contribution in [-0.2, 0) is 25.7 Å². The molecule has 374 valence electrons. The zero-order valence-electron chi connectivity index (χ0n) is 40.8. The number of aliphatic hydroxyl groups excluding tert-OH is 1. The highest BCUT2D eigenvalue weighted by atomic mass is 16.6. The van der Waals surface area contributed by atoms with Crippen molar-refractivity contribution in [3.05, 3.63) is 106 Å². The number of hydrogen-bond acceptors (Lipinski definition) is 13. The molecule has 0 spiro atoms. The molecule has 71 heavy (non-hydrogen) atoms. The molecular formula is C54H62N6O11. The minimum Gasteiger partial charge on any atom is -0.493 e.